The molecule has 0 fully saturated rings. The molecule has 0 bridgehead atoms. The number of ether oxygens (including phenoxy) is 2. The van der Waals surface area contributed by atoms with E-state index in [1.54, 1.807) is 57.6 Å². The Morgan fingerprint density at radius 2 is 1.82 bits per heavy atom. The molecule has 0 radical (unpaired) electrons. The number of hydrogen-bond donors (Lipinski definition) is 1. The minimum atomic E-state index is -0.295. The largest absolute Gasteiger partial charge is 0.493 e. The molecule has 2 aromatic rings. The third-order valence-corrected chi connectivity index (χ3v) is 3.76. The van der Waals surface area contributed by atoms with Crippen LogP contribution in [0.3, 0.4) is 0 Å². The van der Waals surface area contributed by atoms with Crippen LogP contribution in [0.1, 0.15) is 29.8 Å². The zero-order valence-electron chi connectivity index (χ0n) is 16.9. The van der Waals surface area contributed by atoms with Crippen molar-refractivity contribution >= 4 is 23.6 Å². The number of anilines is 1. The van der Waals surface area contributed by atoms with Crippen molar-refractivity contribution in [3.05, 3.63) is 59.7 Å². The van der Waals surface area contributed by atoms with Crippen LogP contribution < -0.4 is 14.8 Å². The van der Waals surface area contributed by atoms with Crippen LogP contribution in [0.4, 0.5) is 5.69 Å². The lowest BCUT2D eigenvalue weighted by atomic mass is 10.1. The van der Waals surface area contributed by atoms with Gasteiger partial charge in [0.2, 0.25) is 5.91 Å². The van der Waals surface area contributed by atoms with Gasteiger partial charge in [-0.3, -0.25) is 9.59 Å². The number of methoxy groups -OCH3 is 1. The summed E-state index contributed by atoms with van der Waals surface area (Å²) >= 11 is 0. The van der Waals surface area contributed by atoms with Gasteiger partial charge < -0.3 is 19.7 Å². The van der Waals surface area contributed by atoms with E-state index in [1.165, 1.54) is 11.0 Å². The molecule has 0 aliphatic carbocycles. The van der Waals surface area contributed by atoms with Gasteiger partial charge in [0.05, 0.1) is 13.2 Å². The fourth-order valence-corrected chi connectivity index (χ4v) is 2.48. The van der Waals surface area contributed by atoms with Crippen molar-refractivity contribution in [2.75, 3.05) is 26.5 Å². The van der Waals surface area contributed by atoms with Crippen LogP contribution in [0.15, 0.2) is 48.5 Å². The Morgan fingerprint density at radius 3 is 2.46 bits per heavy atom. The third kappa shape index (κ3) is 5.87. The molecule has 2 amide bonds. The summed E-state index contributed by atoms with van der Waals surface area (Å²) in [6, 6.07) is 12.3. The van der Waals surface area contributed by atoms with Gasteiger partial charge in [-0.2, -0.15) is 0 Å². The number of carbonyl (C=O) groups is 2. The minimum Gasteiger partial charge on any atom is -0.493 e. The van der Waals surface area contributed by atoms with E-state index in [1.807, 2.05) is 26.0 Å². The van der Waals surface area contributed by atoms with Crippen molar-refractivity contribution in [3.8, 4) is 11.5 Å². The molecule has 0 unspecified atom stereocenters. The van der Waals surface area contributed by atoms with E-state index in [0.29, 0.717) is 22.7 Å². The van der Waals surface area contributed by atoms with Crippen LogP contribution in [0, 0.1) is 0 Å². The molecule has 0 saturated carbocycles. The number of nitrogens with zero attached hydrogens (tertiary/aromatic N) is 1. The fraction of sp³-hybridized carbons (Fsp3) is 0.273. The first kappa shape index (κ1) is 21.0. The van der Waals surface area contributed by atoms with Crippen LogP contribution >= 0.6 is 0 Å². The van der Waals surface area contributed by atoms with E-state index in [4.69, 9.17) is 9.47 Å². The van der Waals surface area contributed by atoms with Gasteiger partial charge in [-0.15, -0.1) is 0 Å². The van der Waals surface area contributed by atoms with Crippen molar-refractivity contribution < 1.29 is 19.1 Å². The van der Waals surface area contributed by atoms with Crippen molar-refractivity contribution in [1.82, 2.24) is 4.90 Å². The van der Waals surface area contributed by atoms with Gasteiger partial charge in [-0.05, 0) is 55.8 Å². The molecule has 0 heterocycles. The zero-order chi connectivity index (χ0) is 20.7. The molecular formula is C22H26N2O4. The summed E-state index contributed by atoms with van der Waals surface area (Å²) in [4.78, 5) is 25.7. The van der Waals surface area contributed by atoms with E-state index >= 15 is 0 Å². The van der Waals surface area contributed by atoms with E-state index in [2.05, 4.69) is 5.32 Å². The van der Waals surface area contributed by atoms with Crippen LogP contribution in [0.5, 0.6) is 11.5 Å². The topological polar surface area (TPSA) is 67.9 Å². The van der Waals surface area contributed by atoms with Gasteiger partial charge in [0.25, 0.3) is 5.91 Å². The molecule has 0 spiro atoms. The Bertz CT molecular complexity index is 873. The number of hydrogen-bond acceptors (Lipinski definition) is 4. The van der Waals surface area contributed by atoms with Crippen LogP contribution in [-0.2, 0) is 4.79 Å². The zero-order valence-corrected chi connectivity index (χ0v) is 16.9. The van der Waals surface area contributed by atoms with Gasteiger partial charge >= 0.3 is 0 Å². The second-order valence-corrected chi connectivity index (χ2v) is 6.68. The number of rotatable bonds is 7. The first-order valence-electron chi connectivity index (χ1n) is 8.95. The lowest BCUT2D eigenvalue weighted by Gasteiger charge is -2.13. The SMILES string of the molecule is COc1cc(/C=C/C(=O)Nc2cccc(C(=O)N(C)C)c2)ccc1OC(C)C. The maximum Gasteiger partial charge on any atom is 0.253 e. The Morgan fingerprint density at radius 1 is 1.07 bits per heavy atom. The second-order valence-electron chi connectivity index (χ2n) is 6.68. The first-order chi connectivity index (χ1) is 13.3. The highest BCUT2D eigenvalue weighted by Crippen LogP contribution is 2.29. The highest BCUT2D eigenvalue weighted by molar-refractivity contribution is 6.03. The molecule has 2 rings (SSSR count). The van der Waals surface area contributed by atoms with Crippen molar-refractivity contribution in [2.24, 2.45) is 0 Å². The average Bonchev–Trinajstić information content (AvgIpc) is 2.66. The van der Waals surface area contributed by atoms with E-state index in [-0.39, 0.29) is 17.9 Å². The van der Waals surface area contributed by atoms with E-state index < -0.39 is 0 Å². The predicted molar refractivity (Wildman–Crippen MR) is 111 cm³/mol. The van der Waals surface area contributed by atoms with Gasteiger partial charge in [0.1, 0.15) is 0 Å². The number of nitrogens with one attached hydrogen (secondary N) is 1. The highest BCUT2D eigenvalue weighted by Gasteiger charge is 2.09. The van der Waals surface area contributed by atoms with Gasteiger partial charge in [0.15, 0.2) is 11.5 Å². The molecule has 6 heteroatoms. The monoisotopic (exact) mass is 382 g/mol. The fourth-order valence-electron chi connectivity index (χ4n) is 2.48. The van der Waals surface area contributed by atoms with Crippen LogP contribution in [0.2, 0.25) is 0 Å². The Kier molecular flexibility index (Phi) is 7.21. The van der Waals surface area contributed by atoms with Gasteiger partial charge in [0, 0.05) is 31.4 Å². The van der Waals surface area contributed by atoms with E-state index in [0.717, 1.165) is 5.56 Å². The first-order valence-corrected chi connectivity index (χ1v) is 8.95. The quantitative estimate of drug-likeness (QED) is 0.739. The molecular weight excluding hydrogens is 356 g/mol. The summed E-state index contributed by atoms with van der Waals surface area (Å²) in [5, 5.41) is 2.76. The number of benzene rings is 2. The summed E-state index contributed by atoms with van der Waals surface area (Å²) in [6.45, 7) is 3.89. The molecule has 6 nitrogen and oxygen atoms in total. The Hall–Kier alpha value is -3.28. The van der Waals surface area contributed by atoms with Crippen LogP contribution in [-0.4, -0.2) is 44.0 Å². The lowest BCUT2D eigenvalue weighted by molar-refractivity contribution is -0.111. The van der Waals surface area contributed by atoms with Crippen LogP contribution in [0.25, 0.3) is 6.08 Å². The Balaban J connectivity index is 2.08. The molecule has 0 aromatic heterocycles. The summed E-state index contributed by atoms with van der Waals surface area (Å²) in [5.41, 5.74) is 1.87. The molecule has 0 atom stereocenters. The smallest absolute Gasteiger partial charge is 0.253 e. The minimum absolute atomic E-state index is 0.0382. The molecule has 0 aliphatic rings. The summed E-state index contributed by atoms with van der Waals surface area (Å²) < 4.78 is 11.0. The molecule has 148 valence electrons. The highest BCUT2D eigenvalue weighted by atomic mass is 16.5. The second kappa shape index (κ2) is 9.60. The normalized spacial score (nSPS) is 10.8. The lowest BCUT2D eigenvalue weighted by Crippen LogP contribution is -2.21. The van der Waals surface area contributed by atoms with E-state index in [9.17, 15) is 9.59 Å². The Labute approximate surface area is 165 Å². The molecule has 1 N–H and O–H groups in total. The molecule has 0 aliphatic heterocycles. The maximum absolute atomic E-state index is 12.2. The molecule has 0 saturated heterocycles. The summed E-state index contributed by atoms with van der Waals surface area (Å²) in [7, 11) is 4.94. The number of amides is 2. The summed E-state index contributed by atoms with van der Waals surface area (Å²) in [6.07, 6.45) is 3.15. The predicted octanol–water partition coefficient (Wildman–Crippen LogP) is 3.84. The van der Waals surface area contributed by atoms with Crippen molar-refractivity contribution in [1.29, 1.82) is 0 Å². The molecule has 28 heavy (non-hydrogen) atoms. The van der Waals surface area contributed by atoms with Gasteiger partial charge in [-0.25, -0.2) is 0 Å². The van der Waals surface area contributed by atoms with Crippen molar-refractivity contribution in [2.45, 2.75) is 20.0 Å². The maximum atomic E-state index is 12.2. The van der Waals surface area contributed by atoms with Crippen molar-refractivity contribution in [3.63, 3.8) is 0 Å². The third-order valence-electron chi connectivity index (χ3n) is 3.76. The number of carbonyl (C=O) groups excluding carboxylic acids is 2. The summed E-state index contributed by atoms with van der Waals surface area (Å²) in [5.74, 6) is 0.839. The average molecular weight is 382 g/mol. The standard InChI is InChI=1S/C22H26N2O4/c1-15(2)28-19-11-9-16(13-20(19)27-5)10-12-21(25)23-18-8-6-7-17(14-18)22(26)24(3)4/h6-15H,1-5H3,(H,23,25)/b12-10+. The molecule has 2 aromatic carbocycles. The van der Waals surface area contributed by atoms with Gasteiger partial charge in [-0.1, -0.05) is 12.1 Å².